The summed E-state index contributed by atoms with van der Waals surface area (Å²) in [6, 6.07) is 9.53. The Labute approximate surface area is 124 Å². The number of rotatable bonds is 6. The van der Waals surface area contributed by atoms with E-state index in [0.29, 0.717) is 24.6 Å². The molecule has 2 N–H and O–H groups in total. The molecular weight excluding hydrogens is 266 g/mol. The number of aromatic amines is 1. The number of H-pyrrole nitrogens is 1. The van der Waals surface area contributed by atoms with E-state index >= 15 is 0 Å². The van der Waals surface area contributed by atoms with Crippen LogP contribution in [-0.4, -0.2) is 23.9 Å². The molecule has 0 aliphatic rings. The average molecular weight is 287 g/mol. The minimum Gasteiger partial charge on any atom is -0.493 e. The summed E-state index contributed by atoms with van der Waals surface area (Å²) in [6.07, 6.45) is 0. The van der Waals surface area contributed by atoms with Gasteiger partial charge in [-0.25, -0.2) is 5.10 Å². The van der Waals surface area contributed by atoms with Gasteiger partial charge in [-0.15, -0.1) is 0 Å². The van der Waals surface area contributed by atoms with E-state index < -0.39 is 0 Å². The number of hydrogen-bond acceptors (Lipinski definition) is 4. The van der Waals surface area contributed by atoms with Crippen LogP contribution < -0.4 is 15.6 Å². The van der Waals surface area contributed by atoms with Gasteiger partial charge in [0.1, 0.15) is 5.75 Å². The molecule has 0 saturated heterocycles. The number of benzene rings is 1. The zero-order valence-corrected chi connectivity index (χ0v) is 12.6. The van der Waals surface area contributed by atoms with Crippen LogP contribution in [0.4, 0.5) is 0 Å². The fourth-order valence-electron chi connectivity index (χ4n) is 1.90. The van der Waals surface area contributed by atoms with Crippen LogP contribution in [-0.2, 0) is 6.54 Å². The molecule has 0 atom stereocenters. The lowest BCUT2D eigenvalue weighted by Crippen LogP contribution is -2.19. The maximum Gasteiger partial charge on any atom is 0.268 e. The Bertz CT molecular complexity index is 633. The molecule has 1 heterocycles. The molecule has 0 aliphatic heterocycles. The highest BCUT2D eigenvalue weighted by Crippen LogP contribution is 2.20. The molecule has 0 spiro atoms. The second-order valence-electron chi connectivity index (χ2n) is 5.37. The molecule has 0 amide bonds. The van der Waals surface area contributed by atoms with Crippen LogP contribution in [0.2, 0.25) is 0 Å². The zero-order valence-electron chi connectivity index (χ0n) is 12.6. The Morgan fingerprint density at radius 1 is 1.29 bits per heavy atom. The van der Waals surface area contributed by atoms with Crippen molar-refractivity contribution < 1.29 is 4.74 Å². The summed E-state index contributed by atoms with van der Waals surface area (Å²) in [5.41, 5.74) is 2.20. The summed E-state index contributed by atoms with van der Waals surface area (Å²) in [5.74, 6) is 1.34. The van der Waals surface area contributed by atoms with Crippen molar-refractivity contribution in [3.63, 3.8) is 0 Å². The van der Waals surface area contributed by atoms with E-state index in [2.05, 4.69) is 29.4 Å². The molecule has 5 heteroatoms. The molecule has 0 saturated carbocycles. The number of nitrogens with one attached hydrogen (secondary N) is 2. The van der Waals surface area contributed by atoms with E-state index in [1.807, 2.05) is 24.3 Å². The number of nitrogens with zero attached hydrogens (tertiary/aromatic N) is 1. The van der Waals surface area contributed by atoms with Gasteiger partial charge in [-0.2, -0.15) is 5.10 Å². The van der Waals surface area contributed by atoms with Gasteiger partial charge in [0.25, 0.3) is 5.56 Å². The minimum atomic E-state index is -0.162. The Morgan fingerprint density at radius 3 is 2.62 bits per heavy atom. The molecule has 1 aromatic carbocycles. The first-order chi connectivity index (χ1) is 10.1. The molecule has 0 bridgehead atoms. The zero-order chi connectivity index (χ0) is 15.2. The topological polar surface area (TPSA) is 67.0 Å². The highest BCUT2D eigenvalue weighted by atomic mass is 16.5. The SMILES string of the molecule is CNCc1cc(-c2ccc(OCC(C)C)cc2)n[nH]c1=O. The van der Waals surface area contributed by atoms with Gasteiger partial charge in [0, 0.05) is 17.7 Å². The van der Waals surface area contributed by atoms with Crippen molar-refractivity contribution in [2.75, 3.05) is 13.7 Å². The molecular formula is C16H21N3O2. The van der Waals surface area contributed by atoms with E-state index in [-0.39, 0.29) is 5.56 Å². The maximum atomic E-state index is 11.6. The van der Waals surface area contributed by atoms with Gasteiger partial charge >= 0.3 is 0 Å². The summed E-state index contributed by atoms with van der Waals surface area (Å²) in [7, 11) is 1.81. The van der Waals surface area contributed by atoms with Crippen molar-refractivity contribution in [3.8, 4) is 17.0 Å². The molecule has 112 valence electrons. The summed E-state index contributed by atoms with van der Waals surface area (Å²) < 4.78 is 5.65. The third kappa shape index (κ3) is 4.16. The van der Waals surface area contributed by atoms with Crippen LogP contribution in [0.15, 0.2) is 35.1 Å². The van der Waals surface area contributed by atoms with Crippen molar-refractivity contribution >= 4 is 0 Å². The molecule has 2 rings (SSSR count). The van der Waals surface area contributed by atoms with E-state index in [0.717, 1.165) is 17.0 Å². The van der Waals surface area contributed by atoms with Crippen molar-refractivity contribution in [2.24, 2.45) is 5.92 Å². The first kappa shape index (κ1) is 15.3. The van der Waals surface area contributed by atoms with Crippen molar-refractivity contribution in [1.29, 1.82) is 0 Å². The molecule has 2 aromatic rings. The summed E-state index contributed by atoms with van der Waals surface area (Å²) >= 11 is 0. The van der Waals surface area contributed by atoms with Crippen molar-refractivity contribution in [3.05, 3.63) is 46.2 Å². The highest BCUT2D eigenvalue weighted by Gasteiger charge is 2.05. The fraction of sp³-hybridized carbons (Fsp3) is 0.375. The lowest BCUT2D eigenvalue weighted by molar-refractivity contribution is 0.271. The van der Waals surface area contributed by atoms with Gasteiger partial charge in [0.05, 0.1) is 12.3 Å². The van der Waals surface area contributed by atoms with Crippen molar-refractivity contribution in [2.45, 2.75) is 20.4 Å². The van der Waals surface area contributed by atoms with Crippen LogP contribution in [0.1, 0.15) is 19.4 Å². The Balaban J connectivity index is 2.18. The van der Waals surface area contributed by atoms with E-state index in [1.54, 1.807) is 13.1 Å². The fourth-order valence-corrected chi connectivity index (χ4v) is 1.90. The molecule has 5 nitrogen and oxygen atoms in total. The normalized spacial score (nSPS) is 10.9. The van der Waals surface area contributed by atoms with E-state index in [4.69, 9.17) is 4.74 Å². The van der Waals surface area contributed by atoms with Crippen LogP contribution in [0.25, 0.3) is 11.3 Å². The molecule has 0 radical (unpaired) electrons. The summed E-state index contributed by atoms with van der Waals surface area (Å²) in [5, 5.41) is 9.59. The Kier molecular flexibility index (Phi) is 5.11. The van der Waals surface area contributed by atoms with Crippen LogP contribution in [0.3, 0.4) is 0 Å². The monoisotopic (exact) mass is 287 g/mol. The lowest BCUT2D eigenvalue weighted by Gasteiger charge is -2.09. The minimum absolute atomic E-state index is 0.162. The smallest absolute Gasteiger partial charge is 0.268 e. The number of ether oxygens (including phenoxy) is 1. The quantitative estimate of drug-likeness (QED) is 0.854. The Hall–Kier alpha value is -2.14. The van der Waals surface area contributed by atoms with E-state index in [9.17, 15) is 4.79 Å². The van der Waals surface area contributed by atoms with Crippen LogP contribution in [0, 0.1) is 5.92 Å². The molecule has 0 fully saturated rings. The van der Waals surface area contributed by atoms with Crippen LogP contribution in [0.5, 0.6) is 5.75 Å². The second-order valence-corrected chi connectivity index (χ2v) is 5.37. The average Bonchev–Trinajstić information content (AvgIpc) is 2.48. The first-order valence-electron chi connectivity index (χ1n) is 7.06. The van der Waals surface area contributed by atoms with Gasteiger partial charge in [0.2, 0.25) is 0 Å². The molecule has 21 heavy (non-hydrogen) atoms. The van der Waals surface area contributed by atoms with Gasteiger partial charge < -0.3 is 10.1 Å². The molecule has 0 unspecified atom stereocenters. The molecule has 1 aromatic heterocycles. The second kappa shape index (κ2) is 7.04. The van der Waals surface area contributed by atoms with E-state index in [1.165, 1.54) is 0 Å². The lowest BCUT2D eigenvalue weighted by atomic mass is 10.1. The largest absolute Gasteiger partial charge is 0.493 e. The standard InChI is InChI=1S/C16H21N3O2/c1-11(2)10-21-14-6-4-12(5-7-14)15-8-13(9-17-3)16(20)19-18-15/h4-8,11,17H,9-10H2,1-3H3,(H,19,20). The third-order valence-electron chi connectivity index (χ3n) is 2.98. The summed E-state index contributed by atoms with van der Waals surface area (Å²) in [6.45, 7) is 5.44. The predicted molar refractivity (Wildman–Crippen MR) is 83.4 cm³/mol. The third-order valence-corrected chi connectivity index (χ3v) is 2.98. The van der Waals surface area contributed by atoms with Gasteiger partial charge in [-0.3, -0.25) is 4.79 Å². The van der Waals surface area contributed by atoms with Gasteiger partial charge in [0.15, 0.2) is 0 Å². The summed E-state index contributed by atoms with van der Waals surface area (Å²) in [4.78, 5) is 11.6. The van der Waals surface area contributed by atoms with Gasteiger partial charge in [-0.1, -0.05) is 13.8 Å². The predicted octanol–water partition coefficient (Wildman–Crippen LogP) is 2.19. The van der Waals surface area contributed by atoms with Gasteiger partial charge in [-0.05, 0) is 43.3 Å². The molecule has 0 aliphatic carbocycles. The number of hydrogen-bond donors (Lipinski definition) is 2. The van der Waals surface area contributed by atoms with Crippen molar-refractivity contribution in [1.82, 2.24) is 15.5 Å². The number of aromatic nitrogens is 2. The van der Waals surface area contributed by atoms with Crippen LogP contribution >= 0.6 is 0 Å². The Morgan fingerprint density at radius 2 is 2.00 bits per heavy atom. The first-order valence-corrected chi connectivity index (χ1v) is 7.06. The highest BCUT2D eigenvalue weighted by molar-refractivity contribution is 5.60. The maximum absolute atomic E-state index is 11.6.